The average molecular weight is 176 g/mol. The van der Waals surface area contributed by atoms with Crippen molar-refractivity contribution in [2.45, 2.75) is 6.18 Å². The molecule has 0 aromatic carbocycles. The normalized spacial score (nSPS) is 18.1. The molecule has 0 aliphatic heterocycles. The summed E-state index contributed by atoms with van der Waals surface area (Å²) in [4.78, 5) is 21.1. The number of carbonyl (C=O) groups excluding carboxylic acids is 2. The molecule has 0 radical (unpaired) electrons. The van der Waals surface area contributed by atoms with Crippen molar-refractivity contribution in [1.82, 2.24) is 0 Å². The Bertz CT molecular complexity index is 296. The first-order chi connectivity index (χ1) is 5.43. The summed E-state index contributed by atoms with van der Waals surface area (Å²) in [6, 6.07) is 0. The summed E-state index contributed by atoms with van der Waals surface area (Å²) in [6.07, 6.45) is -2.44. The lowest BCUT2D eigenvalue weighted by Gasteiger charge is -2.09. The number of alkyl halides is 3. The Morgan fingerprint density at radius 2 is 1.75 bits per heavy atom. The lowest BCUT2D eigenvalue weighted by atomic mass is 10.0. The fraction of sp³-hybridized carbons (Fsp3) is 0.143. The summed E-state index contributed by atoms with van der Waals surface area (Å²) < 4.78 is 35.7. The minimum Gasteiger partial charge on any atom is -0.286 e. The topological polar surface area (TPSA) is 34.1 Å². The molecule has 0 aromatic rings. The first-order valence-corrected chi connectivity index (χ1v) is 2.97. The number of carbonyl (C=O) groups is 2. The van der Waals surface area contributed by atoms with Gasteiger partial charge in [0.2, 0.25) is 11.6 Å². The third-order valence-electron chi connectivity index (χ3n) is 1.28. The SMILES string of the molecule is O=C1C=CC=C(C(F)(F)F)C1=O. The van der Waals surface area contributed by atoms with E-state index in [4.69, 9.17) is 0 Å². The standard InChI is InChI=1S/C7H3F3O2/c8-7(9,10)4-2-1-3-5(11)6(4)12/h1-3H. The first kappa shape index (κ1) is 8.70. The van der Waals surface area contributed by atoms with Crippen LogP contribution in [-0.2, 0) is 9.59 Å². The number of hydrogen-bond acceptors (Lipinski definition) is 2. The zero-order chi connectivity index (χ0) is 9.35. The number of hydrogen-bond donors (Lipinski definition) is 0. The highest BCUT2D eigenvalue weighted by Crippen LogP contribution is 2.27. The number of ketones is 2. The fourth-order valence-corrected chi connectivity index (χ4v) is 0.739. The lowest BCUT2D eigenvalue weighted by Crippen LogP contribution is -2.26. The average Bonchev–Trinajstić information content (AvgIpc) is 1.92. The Morgan fingerprint density at radius 1 is 1.17 bits per heavy atom. The van der Waals surface area contributed by atoms with E-state index in [1.54, 1.807) is 0 Å². The van der Waals surface area contributed by atoms with Crippen LogP contribution >= 0.6 is 0 Å². The van der Waals surface area contributed by atoms with Crippen molar-refractivity contribution in [2.75, 3.05) is 0 Å². The van der Waals surface area contributed by atoms with Crippen molar-refractivity contribution in [3.8, 4) is 0 Å². The van der Waals surface area contributed by atoms with E-state index in [-0.39, 0.29) is 0 Å². The van der Waals surface area contributed by atoms with Crippen LogP contribution in [-0.4, -0.2) is 17.7 Å². The maximum absolute atomic E-state index is 11.9. The molecule has 64 valence electrons. The third-order valence-corrected chi connectivity index (χ3v) is 1.28. The van der Waals surface area contributed by atoms with Crippen molar-refractivity contribution in [1.29, 1.82) is 0 Å². The molecule has 0 heterocycles. The maximum Gasteiger partial charge on any atom is 0.420 e. The second kappa shape index (κ2) is 2.58. The second-order valence-corrected chi connectivity index (χ2v) is 2.13. The highest BCUT2D eigenvalue weighted by Gasteiger charge is 2.40. The van der Waals surface area contributed by atoms with Crippen molar-refractivity contribution in [3.05, 3.63) is 23.8 Å². The number of rotatable bonds is 0. The lowest BCUT2D eigenvalue weighted by molar-refractivity contribution is -0.139. The first-order valence-electron chi connectivity index (χ1n) is 2.97. The molecule has 0 spiro atoms. The molecule has 5 heteroatoms. The highest BCUT2D eigenvalue weighted by molar-refractivity contribution is 6.48. The van der Waals surface area contributed by atoms with Crippen LogP contribution in [0.1, 0.15) is 0 Å². The van der Waals surface area contributed by atoms with Gasteiger partial charge in [0.25, 0.3) is 0 Å². The molecule has 0 N–H and O–H groups in total. The predicted octanol–water partition coefficient (Wildman–Crippen LogP) is 1.18. The van der Waals surface area contributed by atoms with Gasteiger partial charge in [-0.05, 0) is 12.2 Å². The third kappa shape index (κ3) is 1.44. The summed E-state index contributed by atoms with van der Waals surface area (Å²) in [7, 11) is 0. The van der Waals surface area contributed by atoms with Crippen LogP contribution in [0.25, 0.3) is 0 Å². The van der Waals surface area contributed by atoms with Gasteiger partial charge in [-0.2, -0.15) is 13.2 Å². The molecule has 0 atom stereocenters. The molecule has 0 fully saturated rings. The van der Waals surface area contributed by atoms with Gasteiger partial charge in [-0.15, -0.1) is 0 Å². The zero-order valence-electron chi connectivity index (χ0n) is 5.68. The van der Waals surface area contributed by atoms with E-state index in [2.05, 4.69) is 0 Å². The molecule has 0 unspecified atom stereocenters. The Kier molecular flexibility index (Phi) is 1.87. The largest absolute Gasteiger partial charge is 0.420 e. The van der Waals surface area contributed by atoms with Crippen LogP contribution in [0, 0.1) is 0 Å². The van der Waals surface area contributed by atoms with Gasteiger partial charge in [0, 0.05) is 0 Å². The van der Waals surface area contributed by atoms with Crippen molar-refractivity contribution in [3.63, 3.8) is 0 Å². The number of Topliss-reactive ketones (excluding diaryl/α,β-unsaturated/α-hetero) is 1. The van der Waals surface area contributed by atoms with Crippen LogP contribution in [0.2, 0.25) is 0 Å². The Balaban J connectivity index is 3.07. The van der Waals surface area contributed by atoms with Crippen LogP contribution in [0.4, 0.5) is 13.2 Å². The molecule has 0 saturated heterocycles. The molecule has 2 nitrogen and oxygen atoms in total. The van der Waals surface area contributed by atoms with Crippen LogP contribution in [0.3, 0.4) is 0 Å². The second-order valence-electron chi connectivity index (χ2n) is 2.13. The van der Waals surface area contributed by atoms with E-state index >= 15 is 0 Å². The summed E-state index contributed by atoms with van der Waals surface area (Å²) in [5, 5.41) is 0. The van der Waals surface area contributed by atoms with Gasteiger partial charge in [0.05, 0.1) is 0 Å². The summed E-state index contributed by atoms with van der Waals surface area (Å²) in [5.74, 6) is -2.63. The fourth-order valence-electron chi connectivity index (χ4n) is 0.739. The Hall–Kier alpha value is -1.39. The predicted molar refractivity (Wildman–Crippen MR) is 33.3 cm³/mol. The zero-order valence-corrected chi connectivity index (χ0v) is 5.68. The van der Waals surface area contributed by atoms with Gasteiger partial charge in [-0.1, -0.05) is 6.08 Å². The van der Waals surface area contributed by atoms with E-state index in [0.717, 1.165) is 12.2 Å². The molecule has 0 amide bonds. The van der Waals surface area contributed by atoms with E-state index in [0.29, 0.717) is 6.08 Å². The van der Waals surface area contributed by atoms with E-state index in [9.17, 15) is 22.8 Å². The molecule has 0 saturated carbocycles. The van der Waals surface area contributed by atoms with Gasteiger partial charge in [0.15, 0.2) is 0 Å². The van der Waals surface area contributed by atoms with Gasteiger partial charge < -0.3 is 0 Å². The molecule has 1 aliphatic rings. The van der Waals surface area contributed by atoms with Gasteiger partial charge >= 0.3 is 6.18 Å². The van der Waals surface area contributed by atoms with Crippen molar-refractivity contribution >= 4 is 11.6 Å². The van der Waals surface area contributed by atoms with Crippen LogP contribution in [0.5, 0.6) is 0 Å². The Morgan fingerprint density at radius 3 is 2.17 bits per heavy atom. The van der Waals surface area contributed by atoms with E-state index in [1.165, 1.54) is 0 Å². The molecular formula is C7H3F3O2. The molecule has 1 aliphatic carbocycles. The number of halogens is 3. The Labute approximate surface area is 65.4 Å². The van der Waals surface area contributed by atoms with Crippen LogP contribution in [0.15, 0.2) is 23.8 Å². The monoisotopic (exact) mass is 176 g/mol. The summed E-state index contributed by atoms with van der Waals surface area (Å²) in [6.45, 7) is 0. The minimum atomic E-state index is -4.74. The summed E-state index contributed by atoms with van der Waals surface area (Å²) >= 11 is 0. The molecule has 0 bridgehead atoms. The van der Waals surface area contributed by atoms with Gasteiger partial charge in [-0.25, -0.2) is 0 Å². The van der Waals surface area contributed by atoms with E-state index < -0.39 is 23.3 Å². The molecule has 1 rings (SSSR count). The van der Waals surface area contributed by atoms with E-state index in [1.807, 2.05) is 0 Å². The van der Waals surface area contributed by atoms with Crippen molar-refractivity contribution < 1.29 is 22.8 Å². The maximum atomic E-state index is 11.9. The molecule has 0 aromatic heterocycles. The van der Waals surface area contributed by atoms with Crippen molar-refractivity contribution in [2.24, 2.45) is 0 Å². The summed E-state index contributed by atoms with van der Waals surface area (Å²) in [5.41, 5.74) is -1.41. The van der Waals surface area contributed by atoms with Crippen LogP contribution < -0.4 is 0 Å². The quantitative estimate of drug-likeness (QED) is 0.410. The smallest absolute Gasteiger partial charge is 0.286 e. The number of allylic oxidation sites excluding steroid dienone is 4. The highest BCUT2D eigenvalue weighted by atomic mass is 19.4. The molecular weight excluding hydrogens is 173 g/mol. The van der Waals surface area contributed by atoms with Gasteiger partial charge in [-0.3, -0.25) is 9.59 Å². The van der Waals surface area contributed by atoms with Gasteiger partial charge in [0.1, 0.15) is 5.57 Å². The molecule has 12 heavy (non-hydrogen) atoms. The minimum absolute atomic E-state index is 0.587.